The van der Waals surface area contributed by atoms with Crippen LogP contribution in [-0.4, -0.2) is 23.5 Å². The number of carbonyl (C=O) groups excluding carboxylic acids is 1. The van der Waals surface area contributed by atoms with Gasteiger partial charge in [-0.15, -0.1) is 0 Å². The van der Waals surface area contributed by atoms with Crippen LogP contribution < -0.4 is 5.32 Å². The van der Waals surface area contributed by atoms with Gasteiger partial charge in [-0.3, -0.25) is 9.59 Å². The SMILES string of the molecule is O=C(NCC(C(=O)O)c1ccc(F)cc1)c1cccc2c1CCC2. The zero-order valence-corrected chi connectivity index (χ0v) is 13.1. The minimum absolute atomic E-state index is 0.0382. The van der Waals surface area contributed by atoms with E-state index >= 15 is 0 Å². The van der Waals surface area contributed by atoms with Gasteiger partial charge in [-0.2, -0.15) is 0 Å². The number of hydrogen-bond acceptors (Lipinski definition) is 2. The van der Waals surface area contributed by atoms with Crippen molar-refractivity contribution < 1.29 is 19.1 Å². The molecule has 24 heavy (non-hydrogen) atoms. The van der Waals surface area contributed by atoms with E-state index in [9.17, 15) is 19.1 Å². The number of carboxylic acids is 1. The van der Waals surface area contributed by atoms with Crippen LogP contribution in [0.5, 0.6) is 0 Å². The van der Waals surface area contributed by atoms with Gasteiger partial charge in [0.05, 0.1) is 5.92 Å². The molecule has 0 aliphatic heterocycles. The molecular formula is C19H18FNO3. The highest BCUT2D eigenvalue weighted by Crippen LogP contribution is 2.25. The summed E-state index contributed by atoms with van der Waals surface area (Å²) in [6.45, 7) is -0.0382. The smallest absolute Gasteiger partial charge is 0.312 e. The maximum absolute atomic E-state index is 13.0. The van der Waals surface area contributed by atoms with Crippen LogP contribution in [0.1, 0.15) is 39.4 Å². The molecule has 2 aromatic rings. The molecule has 1 amide bonds. The van der Waals surface area contributed by atoms with Crippen molar-refractivity contribution in [3.05, 3.63) is 70.5 Å². The lowest BCUT2D eigenvalue weighted by Crippen LogP contribution is -2.32. The normalized spacial score (nSPS) is 14.0. The van der Waals surface area contributed by atoms with Crippen LogP contribution in [-0.2, 0) is 17.6 Å². The van der Waals surface area contributed by atoms with Gasteiger partial charge in [0.25, 0.3) is 5.91 Å². The van der Waals surface area contributed by atoms with E-state index in [1.807, 2.05) is 12.1 Å². The Bertz CT molecular complexity index is 771. The lowest BCUT2D eigenvalue weighted by atomic mass is 9.98. The Balaban J connectivity index is 1.73. The number of fused-ring (bicyclic) bond motifs is 1. The molecule has 0 spiro atoms. The molecule has 0 radical (unpaired) electrons. The summed E-state index contributed by atoms with van der Waals surface area (Å²) in [4.78, 5) is 23.9. The zero-order valence-electron chi connectivity index (χ0n) is 13.1. The fraction of sp³-hybridized carbons (Fsp3) is 0.263. The molecule has 1 aliphatic carbocycles. The zero-order chi connectivity index (χ0) is 17.1. The van der Waals surface area contributed by atoms with Gasteiger partial charge in [-0.1, -0.05) is 24.3 Å². The van der Waals surface area contributed by atoms with Crippen molar-refractivity contribution in [1.82, 2.24) is 5.32 Å². The molecule has 0 bridgehead atoms. The van der Waals surface area contributed by atoms with Crippen LogP contribution >= 0.6 is 0 Å². The molecule has 0 saturated carbocycles. The van der Waals surface area contributed by atoms with E-state index in [1.54, 1.807) is 6.07 Å². The molecule has 3 rings (SSSR count). The third kappa shape index (κ3) is 3.30. The van der Waals surface area contributed by atoms with E-state index in [4.69, 9.17) is 0 Å². The largest absolute Gasteiger partial charge is 0.481 e. The maximum Gasteiger partial charge on any atom is 0.312 e. The second kappa shape index (κ2) is 6.83. The van der Waals surface area contributed by atoms with E-state index in [1.165, 1.54) is 29.8 Å². The Labute approximate surface area is 139 Å². The summed E-state index contributed by atoms with van der Waals surface area (Å²) >= 11 is 0. The van der Waals surface area contributed by atoms with E-state index in [-0.39, 0.29) is 12.5 Å². The van der Waals surface area contributed by atoms with Crippen molar-refractivity contribution in [3.8, 4) is 0 Å². The van der Waals surface area contributed by atoms with E-state index in [2.05, 4.69) is 5.32 Å². The Kier molecular flexibility index (Phi) is 4.60. The highest BCUT2D eigenvalue weighted by atomic mass is 19.1. The number of rotatable bonds is 5. The standard InChI is InChI=1S/C19H18FNO3/c20-14-9-7-13(8-10-14)17(19(23)24)11-21-18(22)16-6-2-4-12-3-1-5-15(12)16/h2,4,6-10,17H,1,3,5,11H2,(H,21,22)(H,23,24). The monoisotopic (exact) mass is 327 g/mol. The number of aryl methyl sites for hydroxylation is 1. The van der Waals surface area contributed by atoms with E-state index in [0.717, 1.165) is 24.8 Å². The predicted octanol–water partition coefficient (Wildman–Crippen LogP) is 2.91. The Morgan fingerprint density at radius 3 is 2.58 bits per heavy atom. The molecular weight excluding hydrogens is 309 g/mol. The summed E-state index contributed by atoms with van der Waals surface area (Å²) in [7, 11) is 0. The lowest BCUT2D eigenvalue weighted by molar-refractivity contribution is -0.138. The topological polar surface area (TPSA) is 66.4 Å². The minimum atomic E-state index is -1.06. The Morgan fingerprint density at radius 1 is 1.12 bits per heavy atom. The summed E-state index contributed by atoms with van der Waals surface area (Å²) < 4.78 is 13.0. The summed E-state index contributed by atoms with van der Waals surface area (Å²) in [6, 6.07) is 11.0. The number of hydrogen-bond donors (Lipinski definition) is 2. The van der Waals surface area contributed by atoms with Crippen molar-refractivity contribution in [2.24, 2.45) is 0 Å². The number of aliphatic carboxylic acids is 1. The van der Waals surface area contributed by atoms with Crippen molar-refractivity contribution >= 4 is 11.9 Å². The van der Waals surface area contributed by atoms with Gasteiger partial charge < -0.3 is 10.4 Å². The third-order valence-corrected chi connectivity index (χ3v) is 4.43. The molecule has 0 heterocycles. The van der Waals surface area contributed by atoms with E-state index < -0.39 is 17.7 Å². The number of carbonyl (C=O) groups is 2. The average molecular weight is 327 g/mol. The van der Waals surface area contributed by atoms with Gasteiger partial charge in [0, 0.05) is 12.1 Å². The first-order valence-corrected chi connectivity index (χ1v) is 7.93. The molecule has 5 heteroatoms. The van der Waals surface area contributed by atoms with Gasteiger partial charge in [0.15, 0.2) is 0 Å². The summed E-state index contributed by atoms with van der Waals surface area (Å²) in [5, 5.41) is 12.1. The van der Waals surface area contributed by atoms with Crippen LogP contribution in [0.25, 0.3) is 0 Å². The molecule has 1 aliphatic rings. The summed E-state index contributed by atoms with van der Waals surface area (Å²) in [6.07, 6.45) is 2.88. The highest BCUT2D eigenvalue weighted by Gasteiger charge is 2.23. The molecule has 2 aromatic carbocycles. The fourth-order valence-corrected chi connectivity index (χ4v) is 3.17. The third-order valence-electron chi connectivity index (χ3n) is 4.43. The second-order valence-electron chi connectivity index (χ2n) is 5.95. The second-order valence-corrected chi connectivity index (χ2v) is 5.95. The van der Waals surface area contributed by atoms with Crippen molar-refractivity contribution in [1.29, 1.82) is 0 Å². The van der Waals surface area contributed by atoms with Crippen LogP contribution in [0.15, 0.2) is 42.5 Å². The lowest BCUT2D eigenvalue weighted by Gasteiger charge is -2.15. The molecule has 0 saturated heterocycles. The van der Waals surface area contributed by atoms with Crippen molar-refractivity contribution in [3.63, 3.8) is 0 Å². The number of nitrogens with one attached hydrogen (secondary N) is 1. The van der Waals surface area contributed by atoms with Crippen LogP contribution in [0.2, 0.25) is 0 Å². The predicted molar refractivity (Wildman–Crippen MR) is 87.6 cm³/mol. The number of amides is 1. The quantitative estimate of drug-likeness (QED) is 0.887. The first-order chi connectivity index (χ1) is 11.6. The Hall–Kier alpha value is -2.69. The van der Waals surface area contributed by atoms with Crippen LogP contribution in [0.4, 0.5) is 4.39 Å². The van der Waals surface area contributed by atoms with Crippen molar-refractivity contribution in [2.75, 3.05) is 6.54 Å². The molecule has 2 N–H and O–H groups in total. The summed E-state index contributed by atoms with van der Waals surface area (Å²) in [5.41, 5.74) is 3.33. The first-order valence-electron chi connectivity index (χ1n) is 7.93. The molecule has 4 nitrogen and oxygen atoms in total. The summed E-state index contributed by atoms with van der Waals surface area (Å²) in [5.74, 6) is -2.65. The first kappa shape index (κ1) is 16.2. The van der Waals surface area contributed by atoms with Gasteiger partial charge >= 0.3 is 5.97 Å². The maximum atomic E-state index is 13.0. The number of benzene rings is 2. The Morgan fingerprint density at radius 2 is 1.88 bits per heavy atom. The van der Waals surface area contributed by atoms with E-state index in [0.29, 0.717) is 11.1 Å². The van der Waals surface area contributed by atoms with Gasteiger partial charge in [-0.05, 0) is 54.2 Å². The van der Waals surface area contributed by atoms with Crippen LogP contribution in [0, 0.1) is 5.82 Å². The molecule has 1 atom stereocenters. The van der Waals surface area contributed by atoms with Crippen LogP contribution in [0.3, 0.4) is 0 Å². The molecule has 0 aromatic heterocycles. The molecule has 1 unspecified atom stereocenters. The number of carboxylic acid groups (broad SMARTS) is 1. The van der Waals surface area contributed by atoms with Gasteiger partial charge in [0.1, 0.15) is 5.82 Å². The highest BCUT2D eigenvalue weighted by molar-refractivity contribution is 5.96. The minimum Gasteiger partial charge on any atom is -0.481 e. The fourth-order valence-electron chi connectivity index (χ4n) is 3.17. The van der Waals surface area contributed by atoms with Gasteiger partial charge in [-0.25, -0.2) is 4.39 Å². The molecule has 124 valence electrons. The number of halogens is 1. The average Bonchev–Trinajstić information content (AvgIpc) is 3.04. The molecule has 0 fully saturated rings. The van der Waals surface area contributed by atoms with Crippen molar-refractivity contribution in [2.45, 2.75) is 25.2 Å². The van der Waals surface area contributed by atoms with Gasteiger partial charge in [0.2, 0.25) is 0 Å².